The first-order chi connectivity index (χ1) is 50.2. The van der Waals surface area contributed by atoms with Crippen LogP contribution in [0.3, 0.4) is 0 Å². The smallest absolute Gasteiger partial charge is 0.334 e. The number of ether oxygens (including phenoxy) is 1. The Hall–Kier alpha value is -9.30. The van der Waals surface area contributed by atoms with Crippen LogP contribution in [0.25, 0.3) is 0 Å². The highest BCUT2D eigenvalue weighted by atomic mass is 16.5. The first-order valence-corrected chi connectivity index (χ1v) is 37.1. The second kappa shape index (κ2) is 45.9. The highest BCUT2D eigenvalue weighted by Gasteiger charge is 2.42. The monoisotopic (exact) mass is 1490 g/mol. The number of carbonyl (C=O) groups is 14. The Kier molecular flexibility index (Phi) is 38.6. The molecule has 106 heavy (non-hydrogen) atoms. The summed E-state index contributed by atoms with van der Waals surface area (Å²) in [7, 11) is 0. The third-order valence-electron chi connectivity index (χ3n) is 18.5. The molecule has 2 aromatic rings. The van der Waals surface area contributed by atoms with Crippen molar-refractivity contribution in [3.63, 3.8) is 0 Å². The van der Waals surface area contributed by atoms with Crippen LogP contribution in [0, 0.1) is 17.8 Å². The van der Waals surface area contributed by atoms with Gasteiger partial charge < -0.3 is 94.5 Å². The zero-order valence-corrected chi connectivity index (χ0v) is 62.1. The number of carboxylic acid groups (broad SMARTS) is 2. The Balaban J connectivity index is 1.75. The minimum Gasteiger partial charge on any atom is -0.508 e. The van der Waals surface area contributed by atoms with Crippen molar-refractivity contribution in [3.05, 3.63) is 59.7 Å². The number of hydrogen-bond donors (Lipinski definition) is 16. The number of unbranched alkanes of at least 4 members (excludes halogenated alkanes) is 8. The predicted octanol–water partition coefficient (Wildman–Crippen LogP) is 1.58. The van der Waals surface area contributed by atoms with Gasteiger partial charge in [0.2, 0.25) is 65.0 Å². The lowest BCUT2D eigenvalue weighted by Gasteiger charge is -2.32. The van der Waals surface area contributed by atoms with Gasteiger partial charge in [-0.05, 0) is 118 Å². The molecule has 1 fully saturated rings. The number of aliphatic hydroxyl groups excluding tert-OH is 2. The Bertz CT molecular complexity index is 3260. The van der Waals surface area contributed by atoms with E-state index in [1.54, 1.807) is 27.7 Å². The molecule has 3 aliphatic heterocycles. The molecule has 0 aromatic heterocycles. The van der Waals surface area contributed by atoms with Crippen molar-refractivity contribution in [1.29, 1.82) is 0 Å². The molecule has 0 unspecified atom stereocenters. The van der Waals surface area contributed by atoms with Gasteiger partial charge in [-0.2, -0.15) is 0 Å². The second-order valence-electron chi connectivity index (χ2n) is 28.8. The summed E-state index contributed by atoms with van der Waals surface area (Å²) >= 11 is 0. The van der Waals surface area contributed by atoms with E-state index in [-0.39, 0.29) is 62.3 Å². The minimum atomic E-state index is -1.99. The maximum Gasteiger partial charge on any atom is 0.334 e. The van der Waals surface area contributed by atoms with E-state index >= 15 is 0 Å². The fraction of sp³-hybridized carbons (Fsp3) is 0.649. The van der Waals surface area contributed by atoms with Gasteiger partial charge in [0.15, 0.2) is 0 Å². The number of benzene rings is 2. The Morgan fingerprint density at radius 2 is 1.09 bits per heavy atom. The molecule has 0 radical (unpaired) electrons. The number of hydrogen-bond acceptors (Lipinski definition) is 19. The molecule has 3 heterocycles. The number of phenolic OH excluding ortho intramolecular Hbond substituents is 1. The number of primary amides is 1. The molecule has 0 aliphatic carbocycles. The number of carboxylic acids is 2. The number of esters is 1. The zero-order valence-electron chi connectivity index (χ0n) is 62.1. The molecule has 5 rings (SSSR count). The van der Waals surface area contributed by atoms with Crippen molar-refractivity contribution in [2.24, 2.45) is 29.2 Å². The number of nitrogens with zero attached hydrogens (tertiary/aromatic N) is 1. The van der Waals surface area contributed by atoms with Crippen LogP contribution in [0.15, 0.2) is 48.5 Å². The summed E-state index contributed by atoms with van der Waals surface area (Å²) in [5.74, 6) is -15.5. The quantitative estimate of drug-likeness (QED) is 0.0199. The normalized spacial score (nSPS) is 21.6. The van der Waals surface area contributed by atoms with E-state index in [0.717, 1.165) is 43.9 Å². The fourth-order valence-corrected chi connectivity index (χ4v) is 12.4. The van der Waals surface area contributed by atoms with Gasteiger partial charge in [0.05, 0.1) is 18.6 Å². The van der Waals surface area contributed by atoms with Gasteiger partial charge in [0.25, 0.3) is 0 Å². The van der Waals surface area contributed by atoms with Crippen LogP contribution in [0.5, 0.6) is 11.5 Å². The molecule has 3 aliphatic rings. The van der Waals surface area contributed by atoms with E-state index in [1.165, 1.54) is 74.2 Å². The highest BCUT2D eigenvalue weighted by molar-refractivity contribution is 6.00. The molecule has 0 saturated carbocycles. The van der Waals surface area contributed by atoms with Crippen LogP contribution in [-0.2, 0) is 80.0 Å². The van der Waals surface area contributed by atoms with Gasteiger partial charge in [-0.25, -0.2) is 4.79 Å². The topological polar surface area (TPSA) is 513 Å². The molecule has 1 saturated heterocycles. The van der Waals surface area contributed by atoms with Crippen LogP contribution in [-0.4, -0.2) is 199 Å². The average molecular weight is 1490 g/mol. The zero-order chi connectivity index (χ0) is 78.7. The van der Waals surface area contributed by atoms with Crippen molar-refractivity contribution in [2.45, 2.75) is 275 Å². The van der Waals surface area contributed by atoms with E-state index in [0.29, 0.717) is 24.3 Å². The molecule has 32 nitrogen and oxygen atoms in total. The molecule has 11 amide bonds. The second-order valence-corrected chi connectivity index (χ2v) is 28.8. The largest absolute Gasteiger partial charge is 0.508 e. The van der Waals surface area contributed by atoms with Crippen molar-refractivity contribution < 1.29 is 97.4 Å². The Morgan fingerprint density at radius 1 is 0.566 bits per heavy atom. The van der Waals surface area contributed by atoms with Crippen LogP contribution >= 0.6 is 0 Å². The number of amides is 11. The Morgan fingerprint density at radius 3 is 1.66 bits per heavy atom. The average Bonchev–Trinajstić information content (AvgIpc) is 1.56. The predicted molar refractivity (Wildman–Crippen MR) is 388 cm³/mol. The van der Waals surface area contributed by atoms with Crippen molar-refractivity contribution >= 4 is 82.9 Å². The van der Waals surface area contributed by atoms with Gasteiger partial charge in [-0.15, -0.1) is 0 Å². The van der Waals surface area contributed by atoms with Gasteiger partial charge in [-0.3, -0.25) is 62.3 Å². The molecule has 2 aromatic carbocycles. The number of nitrogens with two attached hydrogens (primary N) is 2. The van der Waals surface area contributed by atoms with Crippen LogP contribution < -0.4 is 64.1 Å². The van der Waals surface area contributed by atoms with Crippen LogP contribution in [0.4, 0.5) is 0 Å². The lowest BCUT2D eigenvalue weighted by molar-refractivity contribution is -0.144. The number of aromatic hydroxyl groups is 1. The lowest BCUT2D eigenvalue weighted by atomic mass is 10.00. The molecule has 2 bridgehead atoms. The molecule has 590 valence electrons. The first kappa shape index (κ1) is 89.1. The standard InChI is InChI=1S/C74H114N12O20/c1-42(2)19-15-13-11-9-8-10-12-14-16-20-49(89)41-59(91)77-52(32-35-60(92)93)66(97)78-51(21-17-37-75)65(96)81-56-40-47-25-29-50(30-26-47)106-74(105)63(44(5)6)84-69(100)55(39-46-23-27-48(88)28-24-46)82-67(98)53(31-34-58(76)90)79-71(102)57-22-18-38-86(57)73(104)62(43(3)4)83-68(99)54(33-36-61(94)95)80-72(103)64(45(7)87)85-70(56)101/h23-30,42-45,49,51-57,62-64,87-89H,8-22,31-41,75H2,1-7H3,(H2,76,90)(H,77,91)(H,78,97)(H,79,102)(H,80,103)(H,81,96)(H,82,98)(H,83,99)(H,84,100)(H,85,101)(H,92,93)(H,94,95)/t45-,49-,51-,52-,53-,54-,55-,56+,57-,62+,63-,64+/m0/s1. The number of carbonyl (C=O) groups excluding carboxylic acids is 12. The van der Waals surface area contributed by atoms with Gasteiger partial charge in [0, 0.05) is 38.6 Å². The van der Waals surface area contributed by atoms with Crippen molar-refractivity contribution in [1.82, 2.24) is 52.8 Å². The summed E-state index contributed by atoms with van der Waals surface area (Å²) in [6.07, 6.45) is 3.75. The summed E-state index contributed by atoms with van der Waals surface area (Å²) in [5.41, 5.74) is 12.0. The minimum absolute atomic E-state index is 0.0237. The van der Waals surface area contributed by atoms with Crippen molar-refractivity contribution in [3.8, 4) is 11.5 Å². The fourth-order valence-electron chi connectivity index (χ4n) is 12.4. The summed E-state index contributed by atoms with van der Waals surface area (Å²) in [6, 6.07) is -4.95. The molecule has 0 spiro atoms. The summed E-state index contributed by atoms with van der Waals surface area (Å²) in [5, 5.41) is 74.4. The first-order valence-electron chi connectivity index (χ1n) is 37.1. The van der Waals surface area contributed by atoms with E-state index < -0.39 is 219 Å². The molecule has 12 atom stereocenters. The number of nitrogens with one attached hydrogen (secondary N) is 9. The summed E-state index contributed by atoms with van der Waals surface area (Å²) < 4.78 is 5.77. The molecule has 32 heteroatoms. The number of fused-ring (bicyclic) bond motifs is 23. The molecular formula is C74H114N12O20. The van der Waals surface area contributed by atoms with E-state index in [2.05, 4.69) is 61.7 Å². The van der Waals surface area contributed by atoms with Crippen LogP contribution in [0.2, 0.25) is 0 Å². The van der Waals surface area contributed by atoms with E-state index in [4.69, 9.17) is 16.2 Å². The highest BCUT2D eigenvalue weighted by Crippen LogP contribution is 2.24. The Labute approximate surface area is 619 Å². The summed E-state index contributed by atoms with van der Waals surface area (Å²) in [4.78, 5) is 196. The number of rotatable bonds is 36. The van der Waals surface area contributed by atoms with E-state index in [1.807, 2.05) is 0 Å². The molecule has 18 N–H and O–H groups in total. The number of phenols is 1. The SMILES string of the molecule is CC(C)CCCCCCCCCCC[C@H](O)CC(=O)N[C@@H](CCC(=O)O)C(=O)N[C@@H](CCCN)C(=O)N[C@@H]1Cc2ccc(cc2)OC(=O)[C@H](C(C)C)NC(=O)[C@H](Cc2ccc(O)cc2)NC(=O)[C@H](CCC(N)=O)NC(=O)[C@@H]2CCCN2C(=O)[C@@H](C(C)C)NC(=O)[C@H](CCC(=O)O)NC(=O)[C@@H]([C@H](C)O)NC1=O. The van der Waals surface area contributed by atoms with Gasteiger partial charge >= 0.3 is 17.9 Å². The van der Waals surface area contributed by atoms with E-state index in [9.17, 15) is 92.7 Å². The van der Waals surface area contributed by atoms with Crippen molar-refractivity contribution in [2.75, 3.05) is 13.1 Å². The summed E-state index contributed by atoms with van der Waals surface area (Å²) in [6.45, 7) is 11.7. The molecular weight excluding hydrogens is 1380 g/mol. The van der Waals surface area contributed by atoms with Crippen LogP contribution in [0.1, 0.15) is 201 Å². The number of aliphatic hydroxyl groups is 2. The van der Waals surface area contributed by atoms with Gasteiger partial charge in [0.1, 0.15) is 71.9 Å². The van der Waals surface area contributed by atoms with Gasteiger partial charge in [-0.1, -0.05) is 130 Å². The third kappa shape index (κ3) is 31.8. The lowest BCUT2D eigenvalue weighted by Crippen LogP contribution is -2.62. The maximum absolute atomic E-state index is 14.9. The third-order valence-corrected chi connectivity index (χ3v) is 18.5. The maximum atomic E-state index is 14.9. The number of aliphatic carboxylic acids is 2.